The summed E-state index contributed by atoms with van der Waals surface area (Å²) in [5.41, 5.74) is 3.70. The molecule has 88 valence electrons. The van der Waals surface area contributed by atoms with E-state index < -0.39 is 0 Å². The Morgan fingerprint density at radius 1 is 1.62 bits per heavy atom. The second-order valence-electron chi connectivity index (χ2n) is 4.02. The predicted molar refractivity (Wildman–Crippen MR) is 64.3 cm³/mol. The van der Waals surface area contributed by atoms with Gasteiger partial charge in [-0.05, 0) is 19.4 Å². The van der Waals surface area contributed by atoms with Gasteiger partial charge in [0.1, 0.15) is 5.82 Å². The second-order valence-corrected chi connectivity index (χ2v) is 4.02. The number of hydrazine groups is 1. The fraction of sp³-hybridized carbons (Fsp3) is 0.545. The Morgan fingerprint density at radius 3 is 3.31 bits per heavy atom. The third-order valence-corrected chi connectivity index (χ3v) is 2.71. The molecule has 1 aliphatic rings. The normalized spacial score (nSPS) is 21.6. The highest BCUT2D eigenvalue weighted by molar-refractivity contribution is 5.53. The van der Waals surface area contributed by atoms with Crippen molar-refractivity contribution in [1.29, 1.82) is 0 Å². The molecule has 0 amide bonds. The highest BCUT2D eigenvalue weighted by atomic mass is 16.5. The maximum Gasteiger partial charge on any atom is 0.141 e. The van der Waals surface area contributed by atoms with E-state index in [0.29, 0.717) is 5.82 Å². The zero-order chi connectivity index (χ0) is 11.4. The molecule has 2 rings (SSSR count). The van der Waals surface area contributed by atoms with Crippen LogP contribution in [-0.4, -0.2) is 30.8 Å². The van der Waals surface area contributed by atoms with Crippen LogP contribution in [0.25, 0.3) is 0 Å². The molecule has 16 heavy (non-hydrogen) atoms. The first-order valence-electron chi connectivity index (χ1n) is 5.59. The maximum absolute atomic E-state index is 5.61. The van der Waals surface area contributed by atoms with E-state index in [1.54, 1.807) is 6.20 Å². The number of anilines is 2. The Morgan fingerprint density at radius 2 is 2.50 bits per heavy atom. The Bertz CT molecular complexity index is 345. The van der Waals surface area contributed by atoms with Gasteiger partial charge in [-0.2, -0.15) is 0 Å². The maximum atomic E-state index is 5.61. The van der Waals surface area contributed by atoms with E-state index in [1.165, 1.54) is 0 Å². The SMILES string of the molecule is CC1CN(c2ccnc(NN)c2)CCCO1. The minimum absolute atomic E-state index is 0.268. The molecule has 0 radical (unpaired) electrons. The number of nitrogens with zero attached hydrogens (tertiary/aromatic N) is 2. The minimum Gasteiger partial charge on any atom is -0.377 e. The first-order valence-corrected chi connectivity index (χ1v) is 5.59. The van der Waals surface area contributed by atoms with Crippen LogP contribution in [0.2, 0.25) is 0 Å². The van der Waals surface area contributed by atoms with Crippen LogP contribution in [0.3, 0.4) is 0 Å². The lowest BCUT2D eigenvalue weighted by Crippen LogP contribution is -2.30. The van der Waals surface area contributed by atoms with Crippen LogP contribution >= 0.6 is 0 Å². The van der Waals surface area contributed by atoms with Crippen molar-refractivity contribution in [1.82, 2.24) is 4.98 Å². The van der Waals surface area contributed by atoms with Crippen LogP contribution in [0.5, 0.6) is 0 Å². The van der Waals surface area contributed by atoms with Crippen LogP contribution in [0, 0.1) is 0 Å². The Kier molecular flexibility index (Phi) is 3.58. The van der Waals surface area contributed by atoms with Crippen LogP contribution in [-0.2, 0) is 4.74 Å². The molecule has 5 nitrogen and oxygen atoms in total. The average molecular weight is 222 g/mol. The van der Waals surface area contributed by atoms with Crippen molar-refractivity contribution in [2.45, 2.75) is 19.4 Å². The van der Waals surface area contributed by atoms with Crippen molar-refractivity contribution in [3.8, 4) is 0 Å². The van der Waals surface area contributed by atoms with Gasteiger partial charge < -0.3 is 15.1 Å². The predicted octanol–water partition coefficient (Wildman–Crippen LogP) is 0.982. The lowest BCUT2D eigenvalue weighted by atomic mass is 10.3. The molecule has 2 heterocycles. The zero-order valence-corrected chi connectivity index (χ0v) is 9.52. The summed E-state index contributed by atoms with van der Waals surface area (Å²) < 4.78 is 5.61. The molecular weight excluding hydrogens is 204 g/mol. The summed E-state index contributed by atoms with van der Waals surface area (Å²) in [5.74, 6) is 6.04. The van der Waals surface area contributed by atoms with E-state index in [9.17, 15) is 0 Å². The smallest absolute Gasteiger partial charge is 0.141 e. The summed E-state index contributed by atoms with van der Waals surface area (Å²) in [6.45, 7) is 4.86. The minimum atomic E-state index is 0.268. The lowest BCUT2D eigenvalue weighted by molar-refractivity contribution is 0.0821. The molecule has 0 spiro atoms. The molecule has 0 aromatic carbocycles. The molecule has 0 saturated carbocycles. The summed E-state index contributed by atoms with van der Waals surface area (Å²) in [7, 11) is 0. The van der Waals surface area contributed by atoms with Crippen molar-refractivity contribution in [3.63, 3.8) is 0 Å². The topological polar surface area (TPSA) is 63.4 Å². The summed E-state index contributed by atoms with van der Waals surface area (Å²) >= 11 is 0. The number of hydrogen-bond acceptors (Lipinski definition) is 5. The van der Waals surface area contributed by atoms with E-state index in [1.807, 2.05) is 12.1 Å². The fourth-order valence-electron chi connectivity index (χ4n) is 1.92. The van der Waals surface area contributed by atoms with Crippen molar-refractivity contribution < 1.29 is 4.74 Å². The molecule has 1 unspecified atom stereocenters. The van der Waals surface area contributed by atoms with E-state index >= 15 is 0 Å². The van der Waals surface area contributed by atoms with Gasteiger partial charge in [-0.3, -0.25) is 0 Å². The molecular formula is C11H18N4O. The summed E-state index contributed by atoms with van der Waals surface area (Å²) in [6, 6.07) is 3.96. The Labute approximate surface area is 95.6 Å². The molecule has 5 heteroatoms. The molecule has 1 saturated heterocycles. The van der Waals surface area contributed by atoms with Crippen molar-refractivity contribution >= 4 is 11.5 Å². The summed E-state index contributed by atoms with van der Waals surface area (Å²) in [6.07, 6.45) is 3.09. The van der Waals surface area contributed by atoms with Crippen molar-refractivity contribution in [2.24, 2.45) is 5.84 Å². The molecule has 1 atom stereocenters. The Balaban J connectivity index is 2.14. The highest BCUT2D eigenvalue weighted by Crippen LogP contribution is 2.19. The van der Waals surface area contributed by atoms with Gasteiger partial charge in [0.2, 0.25) is 0 Å². The van der Waals surface area contributed by atoms with Gasteiger partial charge in [0.15, 0.2) is 0 Å². The number of nitrogens with two attached hydrogens (primary N) is 1. The number of aromatic nitrogens is 1. The van der Waals surface area contributed by atoms with Gasteiger partial charge in [-0.1, -0.05) is 0 Å². The quantitative estimate of drug-likeness (QED) is 0.577. The Hall–Kier alpha value is -1.33. The number of nitrogens with one attached hydrogen (secondary N) is 1. The number of nitrogen functional groups attached to an aromatic ring is 1. The number of hydrogen-bond donors (Lipinski definition) is 2. The summed E-state index contributed by atoms with van der Waals surface area (Å²) in [4.78, 5) is 6.41. The highest BCUT2D eigenvalue weighted by Gasteiger charge is 2.15. The van der Waals surface area contributed by atoms with Crippen LogP contribution < -0.4 is 16.2 Å². The average Bonchev–Trinajstić information content (AvgIpc) is 2.54. The zero-order valence-electron chi connectivity index (χ0n) is 9.52. The van der Waals surface area contributed by atoms with Gasteiger partial charge in [-0.15, -0.1) is 0 Å². The third kappa shape index (κ3) is 2.62. The first kappa shape index (κ1) is 11.2. The molecule has 1 aromatic rings. The first-order chi connectivity index (χ1) is 7.79. The molecule has 3 N–H and O–H groups in total. The van der Waals surface area contributed by atoms with Gasteiger partial charge in [-0.25, -0.2) is 10.8 Å². The molecule has 1 aromatic heterocycles. The van der Waals surface area contributed by atoms with Crippen LogP contribution in [0.4, 0.5) is 11.5 Å². The standard InChI is InChI=1S/C11H18N4O/c1-9-8-15(5-2-6-16-9)10-3-4-13-11(7-10)14-12/h3-4,7,9H,2,5-6,8,12H2,1H3,(H,13,14). The van der Waals surface area contributed by atoms with Gasteiger partial charge >= 0.3 is 0 Å². The molecule has 0 aliphatic carbocycles. The van der Waals surface area contributed by atoms with Crippen molar-refractivity contribution in [3.05, 3.63) is 18.3 Å². The van der Waals surface area contributed by atoms with Gasteiger partial charge in [0.25, 0.3) is 0 Å². The van der Waals surface area contributed by atoms with Crippen molar-refractivity contribution in [2.75, 3.05) is 30.0 Å². The van der Waals surface area contributed by atoms with E-state index in [2.05, 4.69) is 22.2 Å². The molecule has 1 aliphatic heterocycles. The second kappa shape index (κ2) is 5.14. The van der Waals surface area contributed by atoms with Gasteiger partial charge in [0.05, 0.1) is 6.10 Å². The summed E-state index contributed by atoms with van der Waals surface area (Å²) in [5, 5.41) is 0. The fourth-order valence-corrected chi connectivity index (χ4v) is 1.92. The third-order valence-electron chi connectivity index (χ3n) is 2.71. The molecule has 1 fully saturated rings. The molecule has 0 bridgehead atoms. The van der Waals surface area contributed by atoms with Crippen LogP contribution in [0.15, 0.2) is 18.3 Å². The van der Waals surface area contributed by atoms with E-state index in [0.717, 1.165) is 31.8 Å². The lowest BCUT2D eigenvalue weighted by Gasteiger charge is -2.24. The number of ether oxygens (including phenoxy) is 1. The number of rotatable bonds is 2. The largest absolute Gasteiger partial charge is 0.377 e. The number of pyridine rings is 1. The van der Waals surface area contributed by atoms with E-state index in [4.69, 9.17) is 10.6 Å². The monoisotopic (exact) mass is 222 g/mol. The van der Waals surface area contributed by atoms with Crippen LogP contribution in [0.1, 0.15) is 13.3 Å². The van der Waals surface area contributed by atoms with E-state index in [-0.39, 0.29) is 6.10 Å². The van der Waals surface area contributed by atoms with Gasteiger partial charge in [0, 0.05) is 37.6 Å².